The molecule has 0 bridgehead atoms. The van der Waals surface area contributed by atoms with Gasteiger partial charge in [-0.25, -0.2) is 14.8 Å². The smallest absolute Gasteiger partial charge is 0.347 e. The molecule has 0 saturated carbocycles. The molecular formula is C11H13N3O3S. The summed E-state index contributed by atoms with van der Waals surface area (Å²) in [4.78, 5) is 19.4. The summed E-state index contributed by atoms with van der Waals surface area (Å²) in [6, 6.07) is -0.161. The molecule has 0 amide bonds. The SMILES string of the molecule is Cc1cnc(C(C)Nc2nc(C)c(C(=O)O)s2)o1. The maximum Gasteiger partial charge on any atom is 0.347 e. The number of hydrogen-bond donors (Lipinski definition) is 2. The molecule has 2 rings (SSSR count). The molecule has 2 aromatic heterocycles. The summed E-state index contributed by atoms with van der Waals surface area (Å²) < 4.78 is 5.39. The molecule has 2 N–H and O–H groups in total. The number of nitrogens with zero attached hydrogens (tertiary/aromatic N) is 2. The number of aromatic carboxylic acids is 1. The van der Waals surface area contributed by atoms with Crippen LogP contribution in [0.4, 0.5) is 5.13 Å². The highest BCUT2D eigenvalue weighted by atomic mass is 32.1. The highest BCUT2D eigenvalue weighted by molar-refractivity contribution is 7.17. The van der Waals surface area contributed by atoms with E-state index < -0.39 is 5.97 Å². The lowest BCUT2D eigenvalue weighted by molar-refractivity contribution is 0.0701. The largest absolute Gasteiger partial charge is 0.477 e. The maximum atomic E-state index is 10.9. The van der Waals surface area contributed by atoms with Crippen molar-refractivity contribution in [1.82, 2.24) is 9.97 Å². The van der Waals surface area contributed by atoms with E-state index in [1.165, 1.54) is 0 Å². The molecule has 0 saturated heterocycles. The zero-order chi connectivity index (χ0) is 13.3. The van der Waals surface area contributed by atoms with Crippen molar-refractivity contribution >= 4 is 22.4 Å². The van der Waals surface area contributed by atoms with Gasteiger partial charge in [-0.05, 0) is 20.8 Å². The number of anilines is 1. The monoisotopic (exact) mass is 267 g/mol. The minimum absolute atomic E-state index is 0.161. The Bertz CT molecular complexity index is 576. The van der Waals surface area contributed by atoms with Crippen molar-refractivity contribution in [1.29, 1.82) is 0 Å². The summed E-state index contributed by atoms with van der Waals surface area (Å²) in [5.74, 6) is 0.329. The first-order valence-electron chi connectivity index (χ1n) is 5.37. The van der Waals surface area contributed by atoms with E-state index in [2.05, 4.69) is 15.3 Å². The molecule has 2 heterocycles. The molecule has 0 fully saturated rings. The molecule has 0 aromatic carbocycles. The van der Waals surface area contributed by atoms with Crippen LogP contribution in [0.5, 0.6) is 0 Å². The Balaban J connectivity index is 2.14. The van der Waals surface area contributed by atoms with Gasteiger partial charge in [-0.1, -0.05) is 11.3 Å². The van der Waals surface area contributed by atoms with E-state index in [1.54, 1.807) is 13.1 Å². The summed E-state index contributed by atoms with van der Waals surface area (Å²) in [5.41, 5.74) is 0.505. The first-order valence-corrected chi connectivity index (χ1v) is 6.18. The number of carboxylic acid groups (broad SMARTS) is 1. The molecule has 7 heteroatoms. The van der Waals surface area contributed by atoms with Crippen LogP contribution < -0.4 is 5.32 Å². The Morgan fingerprint density at radius 1 is 1.56 bits per heavy atom. The maximum absolute atomic E-state index is 10.9. The van der Waals surface area contributed by atoms with Crippen molar-refractivity contribution in [2.24, 2.45) is 0 Å². The van der Waals surface area contributed by atoms with Crippen molar-refractivity contribution in [3.63, 3.8) is 0 Å². The number of hydrogen-bond acceptors (Lipinski definition) is 6. The van der Waals surface area contributed by atoms with E-state index in [0.717, 1.165) is 17.1 Å². The fraction of sp³-hybridized carbons (Fsp3) is 0.364. The molecular weight excluding hydrogens is 254 g/mol. The van der Waals surface area contributed by atoms with Crippen LogP contribution in [-0.2, 0) is 0 Å². The number of nitrogens with one attached hydrogen (secondary N) is 1. The number of thiazole rings is 1. The second kappa shape index (κ2) is 4.77. The van der Waals surface area contributed by atoms with Crippen molar-refractivity contribution < 1.29 is 14.3 Å². The van der Waals surface area contributed by atoms with E-state index in [9.17, 15) is 4.79 Å². The molecule has 0 aliphatic rings. The van der Waals surface area contributed by atoms with Gasteiger partial charge in [0.2, 0.25) is 5.89 Å². The third kappa shape index (κ3) is 2.51. The van der Waals surface area contributed by atoms with Gasteiger partial charge >= 0.3 is 5.97 Å². The zero-order valence-electron chi connectivity index (χ0n) is 10.2. The first-order chi connectivity index (χ1) is 8.47. The highest BCUT2D eigenvalue weighted by Gasteiger charge is 2.17. The fourth-order valence-corrected chi connectivity index (χ4v) is 2.37. The predicted octanol–water partition coefficient (Wildman–Crippen LogP) is 2.62. The number of aromatic nitrogens is 2. The van der Waals surface area contributed by atoms with Gasteiger partial charge in [-0.2, -0.15) is 0 Å². The van der Waals surface area contributed by atoms with Gasteiger partial charge in [0, 0.05) is 0 Å². The van der Waals surface area contributed by atoms with E-state index in [4.69, 9.17) is 9.52 Å². The molecule has 6 nitrogen and oxygen atoms in total. The Kier molecular flexibility index (Phi) is 3.33. The molecule has 2 aromatic rings. The molecule has 0 radical (unpaired) electrons. The van der Waals surface area contributed by atoms with Crippen molar-refractivity contribution in [2.75, 3.05) is 5.32 Å². The van der Waals surface area contributed by atoms with Crippen LogP contribution in [0.3, 0.4) is 0 Å². The minimum atomic E-state index is -0.960. The summed E-state index contributed by atoms with van der Waals surface area (Å²) in [6.07, 6.45) is 1.64. The average Bonchev–Trinajstić information content (AvgIpc) is 2.85. The van der Waals surface area contributed by atoms with Crippen LogP contribution in [-0.4, -0.2) is 21.0 Å². The van der Waals surface area contributed by atoms with E-state index in [1.807, 2.05) is 13.8 Å². The van der Waals surface area contributed by atoms with Gasteiger partial charge in [0.1, 0.15) is 16.7 Å². The van der Waals surface area contributed by atoms with Crippen LogP contribution in [0.1, 0.15) is 40.0 Å². The normalized spacial score (nSPS) is 12.4. The Labute approximate surface area is 108 Å². The van der Waals surface area contributed by atoms with Crippen molar-refractivity contribution in [2.45, 2.75) is 26.8 Å². The minimum Gasteiger partial charge on any atom is -0.477 e. The topological polar surface area (TPSA) is 88.2 Å². The molecule has 0 spiro atoms. The van der Waals surface area contributed by atoms with Gasteiger partial charge in [-0.15, -0.1) is 0 Å². The van der Waals surface area contributed by atoms with E-state index >= 15 is 0 Å². The number of oxazole rings is 1. The van der Waals surface area contributed by atoms with Crippen LogP contribution in [0.2, 0.25) is 0 Å². The second-order valence-electron chi connectivity index (χ2n) is 3.91. The second-order valence-corrected chi connectivity index (χ2v) is 4.91. The molecule has 0 aliphatic carbocycles. The van der Waals surface area contributed by atoms with Gasteiger partial charge < -0.3 is 14.8 Å². The Morgan fingerprint density at radius 3 is 2.78 bits per heavy atom. The first kappa shape index (κ1) is 12.6. The molecule has 18 heavy (non-hydrogen) atoms. The van der Waals surface area contributed by atoms with E-state index in [0.29, 0.717) is 16.7 Å². The van der Waals surface area contributed by atoms with Crippen LogP contribution in [0, 0.1) is 13.8 Å². The standard InChI is InChI=1S/C11H13N3O3S/c1-5-4-12-9(17-5)7(3)14-11-13-6(2)8(18-11)10(15)16/h4,7H,1-3H3,(H,13,14)(H,15,16). The third-order valence-electron chi connectivity index (χ3n) is 2.34. The number of rotatable bonds is 4. The zero-order valence-corrected chi connectivity index (χ0v) is 11.0. The highest BCUT2D eigenvalue weighted by Crippen LogP contribution is 2.26. The number of aryl methyl sites for hydroxylation is 2. The van der Waals surface area contributed by atoms with Crippen molar-refractivity contribution in [3.05, 3.63) is 28.4 Å². The Hall–Kier alpha value is -1.89. The predicted molar refractivity (Wildman–Crippen MR) is 67.1 cm³/mol. The third-order valence-corrected chi connectivity index (χ3v) is 3.42. The lowest BCUT2D eigenvalue weighted by Crippen LogP contribution is -2.06. The summed E-state index contributed by atoms with van der Waals surface area (Å²) in [5, 5.41) is 12.6. The summed E-state index contributed by atoms with van der Waals surface area (Å²) in [6.45, 7) is 5.37. The van der Waals surface area contributed by atoms with Gasteiger partial charge in [0.15, 0.2) is 5.13 Å². The van der Waals surface area contributed by atoms with Gasteiger partial charge in [-0.3, -0.25) is 0 Å². The van der Waals surface area contributed by atoms with Crippen LogP contribution >= 0.6 is 11.3 Å². The van der Waals surface area contributed by atoms with Crippen LogP contribution in [0.25, 0.3) is 0 Å². The Morgan fingerprint density at radius 2 is 2.28 bits per heavy atom. The number of carboxylic acids is 1. The lowest BCUT2D eigenvalue weighted by atomic mass is 10.3. The molecule has 96 valence electrons. The van der Waals surface area contributed by atoms with Gasteiger partial charge in [0.25, 0.3) is 0 Å². The van der Waals surface area contributed by atoms with E-state index in [-0.39, 0.29) is 10.9 Å². The number of carbonyl (C=O) groups is 1. The quantitative estimate of drug-likeness (QED) is 0.885. The molecule has 1 atom stereocenters. The molecule has 0 aliphatic heterocycles. The molecule has 1 unspecified atom stereocenters. The summed E-state index contributed by atoms with van der Waals surface area (Å²) in [7, 11) is 0. The average molecular weight is 267 g/mol. The summed E-state index contributed by atoms with van der Waals surface area (Å²) >= 11 is 1.11. The van der Waals surface area contributed by atoms with Crippen molar-refractivity contribution in [3.8, 4) is 0 Å². The van der Waals surface area contributed by atoms with Gasteiger partial charge in [0.05, 0.1) is 11.9 Å². The lowest BCUT2D eigenvalue weighted by Gasteiger charge is -2.07. The van der Waals surface area contributed by atoms with Crippen LogP contribution in [0.15, 0.2) is 10.6 Å². The fourth-order valence-electron chi connectivity index (χ4n) is 1.48.